The normalized spacial score (nSPS) is 24.1. The maximum atomic E-state index is 6.44. The third-order valence-electron chi connectivity index (χ3n) is 4.52. The Labute approximate surface area is 126 Å². The summed E-state index contributed by atoms with van der Waals surface area (Å²) in [4.78, 5) is 4.85. The van der Waals surface area contributed by atoms with E-state index in [1.165, 1.54) is 24.1 Å². The highest BCUT2D eigenvalue weighted by molar-refractivity contribution is 6.31. The van der Waals surface area contributed by atoms with E-state index in [1.54, 1.807) is 0 Å². The van der Waals surface area contributed by atoms with E-state index in [9.17, 15) is 0 Å². The molecule has 0 radical (unpaired) electrons. The molecule has 1 unspecified atom stereocenters. The molecule has 1 heterocycles. The number of hydrogen-bond acceptors (Lipinski definition) is 3. The number of anilines is 1. The van der Waals surface area contributed by atoms with Crippen LogP contribution in [0.2, 0.25) is 5.02 Å². The van der Waals surface area contributed by atoms with Gasteiger partial charge >= 0.3 is 0 Å². The van der Waals surface area contributed by atoms with Gasteiger partial charge in [0.05, 0.1) is 0 Å². The largest absolute Gasteiger partial charge is 0.369 e. The summed E-state index contributed by atoms with van der Waals surface area (Å²) in [5, 5.41) is 4.41. The average molecular weight is 294 g/mol. The topological polar surface area (TPSA) is 18.5 Å². The zero-order valence-corrected chi connectivity index (χ0v) is 13.2. The lowest BCUT2D eigenvalue weighted by Gasteiger charge is -2.39. The van der Waals surface area contributed by atoms with Crippen LogP contribution in [-0.2, 0) is 6.54 Å². The van der Waals surface area contributed by atoms with E-state index in [0.717, 1.165) is 37.2 Å². The van der Waals surface area contributed by atoms with Gasteiger partial charge in [-0.15, -0.1) is 0 Å². The van der Waals surface area contributed by atoms with E-state index in [0.29, 0.717) is 6.04 Å². The Hall–Kier alpha value is -0.770. The molecule has 2 aliphatic rings. The van der Waals surface area contributed by atoms with Crippen molar-refractivity contribution in [2.45, 2.75) is 38.4 Å². The molecule has 1 N–H and O–H groups in total. The molecule has 1 aliphatic heterocycles. The zero-order valence-electron chi connectivity index (χ0n) is 12.4. The van der Waals surface area contributed by atoms with Crippen molar-refractivity contribution >= 4 is 17.3 Å². The van der Waals surface area contributed by atoms with Gasteiger partial charge in [-0.3, -0.25) is 0 Å². The third-order valence-corrected chi connectivity index (χ3v) is 4.87. The molecule has 3 nitrogen and oxygen atoms in total. The number of hydrogen-bond donors (Lipinski definition) is 1. The van der Waals surface area contributed by atoms with Crippen LogP contribution in [0.4, 0.5) is 5.69 Å². The van der Waals surface area contributed by atoms with E-state index in [2.05, 4.69) is 47.3 Å². The number of nitrogens with one attached hydrogen (secondary N) is 1. The SMILES string of the molecule is CC1CN(c2ccc(CNC3CC3)c(Cl)c2)CCN1C. The first-order valence-electron chi connectivity index (χ1n) is 7.60. The first-order valence-corrected chi connectivity index (χ1v) is 7.98. The molecule has 4 heteroatoms. The quantitative estimate of drug-likeness (QED) is 0.921. The Morgan fingerprint density at radius 2 is 2.10 bits per heavy atom. The third kappa shape index (κ3) is 3.27. The number of halogens is 1. The van der Waals surface area contributed by atoms with Crippen LogP contribution in [0.5, 0.6) is 0 Å². The minimum atomic E-state index is 0.596. The standard InChI is InChI=1S/C16H24ClN3/c1-12-11-20(8-7-19(12)2)15-6-3-13(16(17)9-15)10-18-14-4-5-14/h3,6,9,12,14,18H,4-5,7-8,10-11H2,1-2H3. The van der Waals surface area contributed by atoms with Gasteiger partial charge in [0.25, 0.3) is 0 Å². The molecule has 20 heavy (non-hydrogen) atoms. The molecule has 1 atom stereocenters. The first-order chi connectivity index (χ1) is 9.63. The summed E-state index contributed by atoms with van der Waals surface area (Å²) in [6.45, 7) is 6.44. The van der Waals surface area contributed by atoms with Crippen molar-refractivity contribution in [1.82, 2.24) is 10.2 Å². The van der Waals surface area contributed by atoms with Crippen molar-refractivity contribution in [2.24, 2.45) is 0 Å². The molecule has 1 aliphatic carbocycles. The Morgan fingerprint density at radius 3 is 2.75 bits per heavy atom. The van der Waals surface area contributed by atoms with Crippen LogP contribution in [0, 0.1) is 0 Å². The maximum absolute atomic E-state index is 6.44. The Bertz CT molecular complexity index is 473. The minimum Gasteiger partial charge on any atom is -0.369 e. The van der Waals surface area contributed by atoms with Crippen LogP contribution in [0.3, 0.4) is 0 Å². The number of nitrogens with zero attached hydrogens (tertiary/aromatic N) is 2. The van der Waals surface area contributed by atoms with Crippen molar-refractivity contribution in [2.75, 3.05) is 31.6 Å². The second-order valence-electron chi connectivity index (χ2n) is 6.21. The van der Waals surface area contributed by atoms with Gasteiger partial charge < -0.3 is 15.1 Å². The maximum Gasteiger partial charge on any atom is 0.0471 e. The summed E-state index contributed by atoms with van der Waals surface area (Å²) in [5.41, 5.74) is 2.47. The summed E-state index contributed by atoms with van der Waals surface area (Å²) in [6, 6.07) is 7.84. The van der Waals surface area contributed by atoms with E-state index in [-0.39, 0.29) is 0 Å². The van der Waals surface area contributed by atoms with Crippen LogP contribution < -0.4 is 10.2 Å². The Balaban J connectivity index is 1.66. The van der Waals surface area contributed by atoms with Gasteiger partial charge in [-0.2, -0.15) is 0 Å². The van der Waals surface area contributed by atoms with Crippen molar-refractivity contribution in [1.29, 1.82) is 0 Å². The summed E-state index contributed by atoms with van der Waals surface area (Å²) in [6.07, 6.45) is 2.63. The molecule has 2 fully saturated rings. The summed E-state index contributed by atoms with van der Waals surface area (Å²) in [5.74, 6) is 0. The number of likely N-dealkylation sites (N-methyl/N-ethyl adjacent to an activating group) is 1. The monoisotopic (exact) mass is 293 g/mol. The Morgan fingerprint density at radius 1 is 1.30 bits per heavy atom. The fourth-order valence-corrected chi connectivity index (χ4v) is 2.94. The van der Waals surface area contributed by atoms with Gasteiger partial charge in [0, 0.05) is 49.0 Å². The fraction of sp³-hybridized carbons (Fsp3) is 0.625. The van der Waals surface area contributed by atoms with Crippen LogP contribution >= 0.6 is 11.6 Å². The first kappa shape index (κ1) is 14.2. The lowest BCUT2D eigenvalue weighted by atomic mass is 10.1. The molecular formula is C16H24ClN3. The number of piperazine rings is 1. The molecule has 0 spiro atoms. The molecule has 1 saturated heterocycles. The lowest BCUT2D eigenvalue weighted by Crippen LogP contribution is -2.50. The molecule has 0 amide bonds. The van der Waals surface area contributed by atoms with Crippen LogP contribution in [0.25, 0.3) is 0 Å². The van der Waals surface area contributed by atoms with Gasteiger partial charge in [-0.05, 0) is 44.5 Å². The van der Waals surface area contributed by atoms with Gasteiger partial charge in [0.15, 0.2) is 0 Å². The average Bonchev–Trinajstić information content (AvgIpc) is 3.24. The van der Waals surface area contributed by atoms with E-state index >= 15 is 0 Å². The highest BCUT2D eigenvalue weighted by atomic mass is 35.5. The highest BCUT2D eigenvalue weighted by Gasteiger charge is 2.22. The predicted octanol–water partition coefficient (Wildman–Crippen LogP) is 2.73. The second-order valence-corrected chi connectivity index (χ2v) is 6.61. The summed E-state index contributed by atoms with van der Waals surface area (Å²) in [7, 11) is 2.20. The number of rotatable bonds is 4. The van der Waals surface area contributed by atoms with Gasteiger partial charge in [0.1, 0.15) is 0 Å². The van der Waals surface area contributed by atoms with Crippen LogP contribution in [-0.4, -0.2) is 43.7 Å². The van der Waals surface area contributed by atoms with Crippen molar-refractivity contribution < 1.29 is 0 Å². The van der Waals surface area contributed by atoms with Crippen molar-refractivity contribution in [3.63, 3.8) is 0 Å². The second kappa shape index (κ2) is 5.92. The van der Waals surface area contributed by atoms with E-state index in [4.69, 9.17) is 11.6 Å². The Kier molecular flexibility index (Phi) is 4.20. The molecule has 1 aromatic carbocycles. The molecule has 3 rings (SSSR count). The molecular weight excluding hydrogens is 270 g/mol. The molecule has 0 bridgehead atoms. The zero-order chi connectivity index (χ0) is 14.1. The van der Waals surface area contributed by atoms with E-state index in [1.807, 2.05) is 0 Å². The van der Waals surface area contributed by atoms with Gasteiger partial charge in [-0.1, -0.05) is 17.7 Å². The smallest absolute Gasteiger partial charge is 0.0471 e. The van der Waals surface area contributed by atoms with Crippen molar-refractivity contribution in [3.8, 4) is 0 Å². The van der Waals surface area contributed by atoms with Gasteiger partial charge in [0.2, 0.25) is 0 Å². The summed E-state index contributed by atoms with van der Waals surface area (Å²) >= 11 is 6.44. The summed E-state index contributed by atoms with van der Waals surface area (Å²) < 4.78 is 0. The predicted molar refractivity (Wildman–Crippen MR) is 85.6 cm³/mol. The van der Waals surface area contributed by atoms with Crippen molar-refractivity contribution in [3.05, 3.63) is 28.8 Å². The minimum absolute atomic E-state index is 0.596. The molecule has 1 saturated carbocycles. The fourth-order valence-electron chi connectivity index (χ4n) is 2.70. The van der Waals surface area contributed by atoms with Crippen LogP contribution in [0.1, 0.15) is 25.3 Å². The number of benzene rings is 1. The molecule has 1 aromatic rings. The highest BCUT2D eigenvalue weighted by Crippen LogP contribution is 2.26. The lowest BCUT2D eigenvalue weighted by molar-refractivity contribution is 0.234. The van der Waals surface area contributed by atoms with E-state index < -0.39 is 0 Å². The molecule has 110 valence electrons. The molecule has 0 aromatic heterocycles. The van der Waals surface area contributed by atoms with Gasteiger partial charge in [-0.25, -0.2) is 0 Å². The van der Waals surface area contributed by atoms with Crippen LogP contribution in [0.15, 0.2) is 18.2 Å².